The van der Waals surface area contributed by atoms with Crippen molar-refractivity contribution in [2.75, 3.05) is 52.4 Å². The van der Waals surface area contributed by atoms with Crippen LogP contribution in [0.15, 0.2) is 4.99 Å². The van der Waals surface area contributed by atoms with Crippen LogP contribution in [0, 0.1) is 5.92 Å². The summed E-state index contributed by atoms with van der Waals surface area (Å²) in [6.07, 6.45) is 6.24. The Kier molecular flexibility index (Phi) is 16.8. The van der Waals surface area contributed by atoms with Crippen molar-refractivity contribution in [3.8, 4) is 0 Å². The number of halogens is 1. The van der Waals surface area contributed by atoms with Crippen molar-refractivity contribution in [3.63, 3.8) is 0 Å². The number of nitrogens with zero attached hydrogens (tertiary/aromatic N) is 3. The Hall–Kier alpha value is -0.0800. The van der Waals surface area contributed by atoms with Crippen LogP contribution in [0.3, 0.4) is 0 Å². The lowest BCUT2D eigenvalue weighted by Crippen LogP contribution is -2.46. The number of hydrogen-bond acceptors (Lipinski definition) is 3. The highest BCUT2D eigenvalue weighted by molar-refractivity contribution is 14.0. The van der Waals surface area contributed by atoms with Crippen LogP contribution in [0.25, 0.3) is 0 Å². The first-order valence-electron chi connectivity index (χ1n) is 11.0. The zero-order valence-electron chi connectivity index (χ0n) is 18.6. The van der Waals surface area contributed by atoms with Crippen LogP contribution in [-0.4, -0.2) is 74.2 Å². The van der Waals surface area contributed by atoms with Gasteiger partial charge in [0, 0.05) is 45.3 Å². The van der Waals surface area contributed by atoms with Crippen LogP contribution >= 0.6 is 24.0 Å². The molecular formula is C21H46IN5. The zero-order chi connectivity index (χ0) is 19.2. The van der Waals surface area contributed by atoms with E-state index in [1.165, 1.54) is 71.4 Å². The third-order valence-electron chi connectivity index (χ3n) is 5.21. The number of likely N-dealkylation sites (N-methyl/N-ethyl adjacent to an activating group) is 1. The van der Waals surface area contributed by atoms with Crippen molar-refractivity contribution >= 4 is 29.9 Å². The molecule has 0 amide bonds. The first-order chi connectivity index (χ1) is 12.5. The summed E-state index contributed by atoms with van der Waals surface area (Å²) < 4.78 is 0. The Morgan fingerprint density at radius 1 is 0.926 bits per heavy atom. The molecule has 1 heterocycles. The topological polar surface area (TPSA) is 42.9 Å². The van der Waals surface area contributed by atoms with Crippen LogP contribution in [0.4, 0.5) is 0 Å². The first kappa shape index (κ1) is 26.9. The third kappa shape index (κ3) is 13.7. The number of unbranched alkanes of at least 4 members (excludes halogenated alkanes) is 1. The van der Waals surface area contributed by atoms with Crippen molar-refractivity contribution < 1.29 is 0 Å². The standard InChI is InChI=1S/C21H45N5.HI/c1-6-22-21(24-20(5)12-10-11-19(3)4)23-13-8-9-14-26-17-15-25(7-2)16-18-26;/h19-20H,6-18H2,1-5H3,(H2,22,23,24);1H. The SMILES string of the molecule is CCNC(=NCCCCN1CCN(CC)CC1)NC(C)CCCC(C)C.I. The van der Waals surface area contributed by atoms with Crippen LogP contribution in [0.2, 0.25) is 0 Å². The van der Waals surface area contributed by atoms with Gasteiger partial charge in [-0.05, 0) is 52.1 Å². The van der Waals surface area contributed by atoms with E-state index in [1.807, 2.05) is 0 Å². The number of rotatable bonds is 12. The minimum absolute atomic E-state index is 0. The quantitative estimate of drug-likeness (QED) is 0.187. The van der Waals surface area contributed by atoms with E-state index in [0.29, 0.717) is 6.04 Å². The molecule has 0 spiro atoms. The largest absolute Gasteiger partial charge is 0.357 e. The minimum atomic E-state index is 0. The van der Waals surface area contributed by atoms with Gasteiger partial charge in [0.05, 0.1) is 0 Å². The fourth-order valence-corrected chi connectivity index (χ4v) is 3.43. The maximum Gasteiger partial charge on any atom is 0.191 e. The Balaban J connectivity index is 0.00000676. The maximum absolute atomic E-state index is 4.77. The summed E-state index contributed by atoms with van der Waals surface area (Å²) in [6, 6.07) is 0.487. The Bertz CT molecular complexity index is 368. The average molecular weight is 496 g/mol. The molecule has 6 heteroatoms. The molecule has 1 fully saturated rings. The van der Waals surface area contributed by atoms with E-state index in [0.717, 1.165) is 25.0 Å². The third-order valence-corrected chi connectivity index (χ3v) is 5.21. The van der Waals surface area contributed by atoms with Crippen LogP contribution in [0.1, 0.15) is 66.7 Å². The lowest BCUT2D eigenvalue weighted by atomic mass is 10.0. The lowest BCUT2D eigenvalue weighted by molar-refractivity contribution is 0.136. The molecule has 0 aromatic carbocycles. The summed E-state index contributed by atoms with van der Waals surface area (Å²) in [4.78, 5) is 9.92. The molecule has 0 bridgehead atoms. The monoisotopic (exact) mass is 495 g/mol. The fourth-order valence-electron chi connectivity index (χ4n) is 3.43. The van der Waals surface area contributed by atoms with Gasteiger partial charge in [0.15, 0.2) is 5.96 Å². The number of hydrogen-bond donors (Lipinski definition) is 2. The molecule has 2 N–H and O–H groups in total. The molecule has 0 aliphatic carbocycles. The second-order valence-electron chi connectivity index (χ2n) is 8.11. The highest BCUT2D eigenvalue weighted by Gasteiger charge is 2.14. The van der Waals surface area contributed by atoms with Crippen molar-refractivity contribution in [2.45, 2.75) is 72.8 Å². The molecule has 0 saturated carbocycles. The number of guanidine groups is 1. The van der Waals surface area contributed by atoms with Gasteiger partial charge < -0.3 is 20.4 Å². The van der Waals surface area contributed by atoms with Crippen molar-refractivity contribution in [3.05, 3.63) is 0 Å². The molecule has 1 aliphatic rings. The Morgan fingerprint density at radius 2 is 1.59 bits per heavy atom. The van der Waals surface area contributed by atoms with Crippen LogP contribution in [0.5, 0.6) is 0 Å². The predicted octanol–water partition coefficient (Wildman–Crippen LogP) is 3.79. The lowest BCUT2D eigenvalue weighted by Gasteiger charge is -2.33. The number of piperazine rings is 1. The Labute approximate surface area is 186 Å². The number of nitrogens with one attached hydrogen (secondary N) is 2. The second-order valence-corrected chi connectivity index (χ2v) is 8.11. The van der Waals surface area contributed by atoms with Crippen LogP contribution in [-0.2, 0) is 0 Å². The molecule has 1 saturated heterocycles. The Morgan fingerprint density at radius 3 is 2.19 bits per heavy atom. The molecule has 0 aromatic rings. The van der Waals surface area contributed by atoms with Crippen molar-refractivity contribution in [2.24, 2.45) is 10.9 Å². The van der Waals surface area contributed by atoms with E-state index in [2.05, 4.69) is 55.1 Å². The number of aliphatic imine (C=N–C) groups is 1. The highest BCUT2D eigenvalue weighted by Crippen LogP contribution is 2.08. The molecule has 162 valence electrons. The summed E-state index contributed by atoms with van der Waals surface area (Å²) in [6.45, 7) is 20.5. The minimum Gasteiger partial charge on any atom is -0.357 e. The predicted molar refractivity (Wildman–Crippen MR) is 130 cm³/mol. The average Bonchev–Trinajstić information content (AvgIpc) is 2.61. The summed E-state index contributed by atoms with van der Waals surface area (Å²) in [5.41, 5.74) is 0. The molecule has 1 unspecified atom stereocenters. The van der Waals surface area contributed by atoms with Gasteiger partial charge in [-0.1, -0.05) is 33.6 Å². The second kappa shape index (κ2) is 16.8. The van der Waals surface area contributed by atoms with E-state index in [9.17, 15) is 0 Å². The molecule has 1 atom stereocenters. The van der Waals surface area contributed by atoms with Crippen molar-refractivity contribution in [1.82, 2.24) is 20.4 Å². The van der Waals surface area contributed by atoms with E-state index >= 15 is 0 Å². The van der Waals surface area contributed by atoms with Gasteiger partial charge in [-0.3, -0.25) is 4.99 Å². The zero-order valence-corrected chi connectivity index (χ0v) is 20.9. The van der Waals surface area contributed by atoms with E-state index in [1.54, 1.807) is 0 Å². The van der Waals surface area contributed by atoms with Gasteiger partial charge in [0.1, 0.15) is 0 Å². The first-order valence-corrected chi connectivity index (χ1v) is 11.0. The van der Waals surface area contributed by atoms with E-state index in [4.69, 9.17) is 4.99 Å². The fraction of sp³-hybridized carbons (Fsp3) is 0.952. The molecule has 1 rings (SSSR count). The molecule has 27 heavy (non-hydrogen) atoms. The molecule has 1 aliphatic heterocycles. The summed E-state index contributed by atoms with van der Waals surface area (Å²) in [5, 5.41) is 6.95. The normalized spacial score (nSPS) is 17.6. The van der Waals surface area contributed by atoms with Gasteiger partial charge in [-0.2, -0.15) is 0 Å². The van der Waals surface area contributed by atoms with Gasteiger partial charge in [-0.25, -0.2) is 0 Å². The molecule has 5 nitrogen and oxygen atoms in total. The molecular weight excluding hydrogens is 449 g/mol. The molecule has 0 aromatic heterocycles. The van der Waals surface area contributed by atoms with Gasteiger partial charge >= 0.3 is 0 Å². The van der Waals surface area contributed by atoms with E-state index in [-0.39, 0.29) is 24.0 Å². The van der Waals surface area contributed by atoms with Gasteiger partial charge in [0.25, 0.3) is 0 Å². The highest BCUT2D eigenvalue weighted by atomic mass is 127. The van der Waals surface area contributed by atoms with Gasteiger partial charge in [0.2, 0.25) is 0 Å². The summed E-state index contributed by atoms with van der Waals surface area (Å²) in [7, 11) is 0. The summed E-state index contributed by atoms with van der Waals surface area (Å²) >= 11 is 0. The summed E-state index contributed by atoms with van der Waals surface area (Å²) in [5.74, 6) is 1.79. The van der Waals surface area contributed by atoms with Gasteiger partial charge in [-0.15, -0.1) is 24.0 Å². The van der Waals surface area contributed by atoms with E-state index < -0.39 is 0 Å². The van der Waals surface area contributed by atoms with Crippen molar-refractivity contribution in [1.29, 1.82) is 0 Å². The maximum atomic E-state index is 4.77. The smallest absolute Gasteiger partial charge is 0.191 e. The molecule has 0 radical (unpaired) electrons. The van der Waals surface area contributed by atoms with Crippen LogP contribution < -0.4 is 10.6 Å².